The molecule has 0 spiro atoms. The van der Waals surface area contributed by atoms with Crippen LogP contribution in [-0.4, -0.2) is 36.1 Å². The summed E-state index contributed by atoms with van der Waals surface area (Å²) in [7, 11) is 0. The Morgan fingerprint density at radius 1 is 1.05 bits per heavy atom. The Hall–Kier alpha value is -1.65. The number of benzene rings is 1. The molecule has 1 saturated heterocycles. The molecular weight excluding hydrogens is 272 g/mol. The maximum absolute atomic E-state index is 6.22. The summed E-state index contributed by atoms with van der Waals surface area (Å²) >= 11 is 6.22. The lowest BCUT2D eigenvalue weighted by Gasteiger charge is -2.32. The van der Waals surface area contributed by atoms with Crippen LogP contribution in [0.3, 0.4) is 0 Å². The minimum atomic E-state index is 0.837. The van der Waals surface area contributed by atoms with Gasteiger partial charge in [0.2, 0.25) is 5.95 Å². The number of rotatable bonds is 3. The van der Waals surface area contributed by atoms with Crippen LogP contribution >= 0.6 is 11.6 Å². The Labute approximate surface area is 124 Å². The first-order valence-corrected chi connectivity index (χ1v) is 7.29. The van der Waals surface area contributed by atoms with Gasteiger partial charge in [-0.05, 0) is 12.1 Å². The number of nitrogens with one attached hydrogen (secondary N) is 1. The van der Waals surface area contributed by atoms with E-state index in [9.17, 15) is 0 Å². The van der Waals surface area contributed by atoms with Crippen LogP contribution in [0.4, 0.5) is 5.95 Å². The van der Waals surface area contributed by atoms with Gasteiger partial charge in [-0.1, -0.05) is 29.8 Å². The van der Waals surface area contributed by atoms with Crippen molar-refractivity contribution in [2.75, 3.05) is 31.1 Å². The van der Waals surface area contributed by atoms with Crippen LogP contribution in [0.5, 0.6) is 0 Å². The second-order valence-electron chi connectivity index (χ2n) is 5.05. The minimum absolute atomic E-state index is 0.837. The number of halogens is 1. The third kappa shape index (κ3) is 3.08. The van der Waals surface area contributed by atoms with Crippen LogP contribution in [0.2, 0.25) is 5.02 Å². The number of nitrogens with zero attached hydrogens (tertiary/aromatic N) is 3. The predicted octanol–water partition coefficient (Wildman–Crippen LogP) is 1.04. The van der Waals surface area contributed by atoms with Gasteiger partial charge in [-0.15, -0.1) is 0 Å². The van der Waals surface area contributed by atoms with Crippen molar-refractivity contribution in [3.63, 3.8) is 0 Å². The van der Waals surface area contributed by atoms with E-state index >= 15 is 0 Å². The molecule has 0 unspecified atom stereocenters. The van der Waals surface area contributed by atoms with Gasteiger partial charge in [-0.3, -0.25) is 0 Å². The lowest BCUT2D eigenvalue weighted by Crippen LogP contribution is -3.13. The second kappa shape index (κ2) is 6.20. The summed E-state index contributed by atoms with van der Waals surface area (Å²) in [5.74, 6) is 0.837. The molecular formula is C15H18ClN4+. The molecule has 1 aliphatic heterocycles. The first-order valence-electron chi connectivity index (χ1n) is 6.92. The summed E-state index contributed by atoms with van der Waals surface area (Å²) in [5, 5.41) is 0.869. The molecule has 20 heavy (non-hydrogen) atoms. The molecule has 5 heteroatoms. The molecule has 1 fully saturated rings. The van der Waals surface area contributed by atoms with Gasteiger partial charge in [0.25, 0.3) is 0 Å². The lowest BCUT2D eigenvalue weighted by atomic mass is 10.2. The number of quaternary nitrogens is 1. The highest BCUT2D eigenvalue weighted by Crippen LogP contribution is 2.13. The van der Waals surface area contributed by atoms with Gasteiger partial charge in [0.1, 0.15) is 6.54 Å². The van der Waals surface area contributed by atoms with Gasteiger partial charge in [0.05, 0.1) is 26.2 Å². The first kappa shape index (κ1) is 13.3. The minimum Gasteiger partial charge on any atom is -0.330 e. The molecule has 0 aliphatic carbocycles. The summed E-state index contributed by atoms with van der Waals surface area (Å²) in [6.07, 6.45) is 3.59. The van der Waals surface area contributed by atoms with Gasteiger partial charge >= 0.3 is 0 Å². The zero-order valence-electron chi connectivity index (χ0n) is 11.3. The van der Waals surface area contributed by atoms with E-state index in [2.05, 4.69) is 27.0 Å². The molecule has 2 aromatic rings. The van der Waals surface area contributed by atoms with E-state index in [0.29, 0.717) is 0 Å². The molecule has 1 N–H and O–H groups in total. The van der Waals surface area contributed by atoms with E-state index in [4.69, 9.17) is 11.6 Å². The van der Waals surface area contributed by atoms with Crippen molar-refractivity contribution in [3.8, 4) is 0 Å². The molecule has 0 atom stereocenters. The number of piperazine rings is 1. The van der Waals surface area contributed by atoms with Gasteiger partial charge in [-0.2, -0.15) is 0 Å². The smallest absolute Gasteiger partial charge is 0.225 e. The molecule has 1 aromatic carbocycles. The SMILES string of the molecule is Clc1ccccc1C[NH+]1CCN(c2ncccn2)CC1. The number of aromatic nitrogens is 2. The van der Waals surface area contributed by atoms with E-state index in [1.165, 1.54) is 5.56 Å². The van der Waals surface area contributed by atoms with Crippen LogP contribution in [-0.2, 0) is 6.54 Å². The number of hydrogen-bond acceptors (Lipinski definition) is 3. The molecule has 0 amide bonds. The normalized spacial score (nSPS) is 16.4. The molecule has 0 radical (unpaired) electrons. The largest absolute Gasteiger partial charge is 0.330 e. The molecule has 2 heterocycles. The maximum atomic E-state index is 6.22. The fourth-order valence-electron chi connectivity index (χ4n) is 2.57. The Kier molecular flexibility index (Phi) is 4.14. The lowest BCUT2D eigenvalue weighted by molar-refractivity contribution is -0.914. The molecule has 1 aromatic heterocycles. The Bertz CT molecular complexity index is 553. The van der Waals surface area contributed by atoms with E-state index in [-0.39, 0.29) is 0 Å². The zero-order chi connectivity index (χ0) is 13.8. The van der Waals surface area contributed by atoms with Crippen molar-refractivity contribution in [2.24, 2.45) is 0 Å². The summed E-state index contributed by atoms with van der Waals surface area (Å²) in [4.78, 5) is 12.4. The summed E-state index contributed by atoms with van der Waals surface area (Å²) in [6, 6.07) is 9.95. The molecule has 1 aliphatic rings. The van der Waals surface area contributed by atoms with Gasteiger partial charge < -0.3 is 9.80 Å². The van der Waals surface area contributed by atoms with E-state index < -0.39 is 0 Å². The summed E-state index contributed by atoms with van der Waals surface area (Å²) in [6.45, 7) is 5.14. The Morgan fingerprint density at radius 3 is 2.45 bits per heavy atom. The molecule has 3 rings (SSSR count). The Balaban J connectivity index is 1.58. The standard InChI is InChI=1S/C15H17ClN4/c16-14-5-2-1-4-13(14)12-19-8-10-20(11-9-19)15-17-6-3-7-18-15/h1-7H,8-12H2/p+1. The second-order valence-corrected chi connectivity index (χ2v) is 5.46. The Morgan fingerprint density at radius 2 is 1.75 bits per heavy atom. The average molecular weight is 290 g/mol. The fraction of sp³-hybridized carbons (Fsp3) is 0.333. The van der Waals surface area contributed by atoms with Crippen molar-refractivity contribution >= 4 is 17.5 Å². The highest BCUT2D eigenvalue weighted by molar-refractivity contribution is 6.31. The van der Waals surface area contributed by atoms with Crippen LogP contribution in [0.15, 0.2) is 42.7 Å². The highest BCUT2D eigenvalue weighted by Gasteiger charge is 2.22. The van der Waals surface area contributed by atoms with Crippen LogP contribution in [0.1, 0.15) is 5.56 Å². The van der Waals surface area contributed by atoms with Crippen molar-refractivity contribution in [3.05, 3.63) is 53.3 Å². The van der Waals surface area contributed by atoms with Crippen molar-refractivity contribution in [1.82, 2.24) is 9.97 Å². The topological polar surface area (TPSA) is 33.5 Å². The molecule has 0 saturated carbocycles. The third-order valence-electron chi connectivity index (χ3n) is 3.70. The predicted molar refractivity (Wildman–Crippen MR) is 80.1 cm³/mol. The zero-order valence-corrected chi connectivity index (χ0v) is 12.1. The van der Waals surface area contributed by atoms with Gasteiger partial charge in [0.15, 0.2) is 0 Å². The summed E-state index contributed by atoms with van der Waals surface area (Å²) in [5.41, 5.74) is 1.23. The van der Waals surface area contributed by atoms with E-state index in [1.807, 2.05) is 18.2 Å². The number of anilines is 1. The summed E-state index contributed by atoms with van der Waals surface area (Å²) < 4.78 is 0. The van der Waals surface area contributed by atoms with Crippen LogP contribution in [0, 0.1) is 0 Å². The average Bonchev–Trinajstić information content (AvgIpc) is 2.51. The molecule has 104 valence electrons. The fourth-order valence-corrected chi connectivity index (χ4v) is 2.77. The molecule has 4 nitrogen and oxygen atoms in total. The van der Waals surface area contributed by atoms with Crippen LogP contribution < -0.4 is 9.80 Å². The van der Waals surface area contributed by atoms with Gasteiger partial charge in [-0.25, -0.2) is 9.97 Å². The maximum Gasteiger partial charge on any atom is 0.225 e. The number of hydrogen-bond donors (Lipinski definition) is 1. The van der Waals surface area contributed by atoms with Gasteiger partial charge in [0, 0.05) is 23.0 Å². The third-order valence-corrected chi connectivity index (χ3v) is 4.07. The molecule has 0 bridgehead atoms. The van der Waals surface area contributed by atoms with Crippen LogP contribution in [0.25, 0.3) is 0 Å². The van der Waals surface area contributed by atoms with E-state index in [0.717, 1.165) is 43.7 Å². The van der Waals surface area contributed by atoms with Crippen molar-refractivity contribution < 1.29 is 4.90 Å². The quantitative estimate of drug-likeness (QED) is 0.916. The highest BCUT2D eigenvalue weighted by atomic mass is 35.5. The van der Waals surface area contributed by atoms with Crippen molar-refractivity contribution in [1.29, 1.82) is 0 Å². The van der Waals surface area contributed by atoms with E-state index in [1.54, 1.807) is 17.3 Å². The first-order chi connectivity index (χ1) is 9.83. The van der Waals surface area contributed by atoms with Crippen molar-refractivity contribution in [2.45, 2.75) is 6.54 Å². The monoisotopic (exact) mass is 289 g/mol.